The number of ether oxygens (including phenoxy) is 4. The van der Waals surface area contributed by atoms with Crippen molar-refractivity contribution in [2.45, 2.75) is 190 Å². The molecular formula is C42H76N3O11+. The van der Waals surface area contributed by atoms with Gasteiger partial charge in [0, 0.05) is 43.9 Å². The van der Waals surface area contributed by atoms with Crippen molar-refractivity contribution in [3.05, 3.63) is 0 Å². The average Bonchev–Trinajstić information content (AvgIpc) is 3.63. The number of hydrogen-bond acceptors (Lipinski definition) is 12. The number of hydrogen-bond donors (Lipinski definition) is 8. The van der Waals surface area contributed by atoms with Crippen LogP contribution in [0.3, 0.4) is 0 Å². The molecule has 14 nitrogen and oxygen atoms in total. The third-order valence-electron chi connectivity index (χ3n) is 15.7. The lowest BCUT2D eigenvalue weighted by Gasteiger charge is -2.58. The van der Waals surface area contributed by atoms with Crippen molar-refractivity contribution >= 4 is 5.97 Å². The maximum absolute atomic E-state index is 12.8. The van der Waals surface area contributed by atoms with Gasteiger partial charge < -0.3 is 65.0 Å². The molecule has 0 bridgehead atoms. The highest BCUT2D eigenvalue weighted by molar-refractivity contribution is 5.65. The summed E-state index contributed by atoms with van der Waals surface area (Å²) in [6.45, 7) is 2.99. The van der Waals surface area contributed by atoms with Gasteiger partial charge in [-0.2, -0.15) is 0 Å². The Morgan fingerprint density at radius 3 is 2.38 bits per heavy atom. The Labute approximate surface area is 333 Å². The van der Waals surface area contributed by atoms with Crippen molar-refractivity contribution in [2.24, 2.45) is 40.2 Å². The van der Waals surface area contributed by atoms with Gasteiger partial charge in [-0.25, -0.2) is 0 Å². The van der Waals surface area contributed by atoms with Crippen LogP contribution in [0, 0.1) is 34.5 Å². The number of nitrogens with two attached hydrogens (primary N) is 3. The molecule has 6 aliphatic rings. The minimum atomic E-state index is -1.01. The lowest BCUT2D eigenvalue weighted by Crippen LogP contribution is -3.02. The number of quaternary nitrogens is 2. The molecule has 0 aromatic rings. The van der Waals surface area contributed by atoms with Crippen molar-refractivity contribution in [1.82, 2.24) is 0 Å². The molecule has 0 aromatic carbocycles. The monoisotopic (exact) mass is 799 g/mol. The van der Waals surface area contributed by atoms with Crippen LogP contribution in [0.2, 0.25) is 0 Å². The van der Waals surface area contributed by atoms with Crippen LogP contribution < -0.4 is 21.5 Å². The predicted molar refractivity (Wildman–Crippen MR) is 203 cm³/mol. The minimum absolute atomic E-state index is 0.00910. The van der Waals surface area contributed by atoms with E-state index in [0.717, 1.165) is 77.2 Å². The van der Waals surface area contributed by atoms with Gasteiger partial charge in [0.1, 0.15) is 25.1 Å². The number of carbonyl (C=O) groups is 1. The summed E-state index contributed by atoms with van der Waals surface area (Å²) in [7, 11) is 1.60. The van der Waals surface area contributed by atoms with E-state index >= 15 is 0 Å². The number of carbonyl (C=O) groups excluding carboxylic acids is 1. The quantitative estimate of drug-likeness (QED) is 0.0880. The number of aliphatic hydroxyl groups is 5. The second kappa shape index (κ2) is 20.0. The van der Waals surface area contributed by atoms with Gasteiger partial charge in [-0.15, -0.1) is 0 Å². The van der Waals surface area contributed by atoms with E-state index in [0.29, 0.717) is 63.0 Å². The second-order valence-electron chi connectivity index (χ2n) is 19.2. The molecule has 3 saturated carbocycles. The van der Waals surface area contributed by atoms with Crippen molar-refractivity contribution in [3.63, 3.8) is 0 Å². The summed E-state index contributed by atoms with van der Waals surface area (Å²) >= 11 is 0. The molecular weight excluding hydrogens is 722 g/mol. The molecule has 9 unspecified atom stereocenters. The molecule has 3 saturated heterocycles. The fraction of sp³-hybridized carbons (Fsp3) is 0.976. The molecule has 3 aliphatic carbocycles. The maximum Gasteiger partial charge on any atom is 0.144 e. The first-order chi connectivity index (χ1) is 26.9. The highest BCUT2D eigenvalue weighted by Gasteiger charge is 2.62. The van der Waals surface area contributed by atoms with Crippen LogP contribution in [0.15, 0.2) is 0 Å². The Hall–Kier alpha value is -1.01. The Kier molecular flexibility index (Phi) is 15.9. The zero-order valence-electron chi connectivity index (χ0n) is 34.1. The molecule has 1 spiro atoms. The summed E-state index contributed by atoms with van der Waals surface area (Å²) in [6, 6.07) is 0.162. The highest BCUT2D eigenvalue weighted by Crippen LogP contribution is 2.61. The maximum atomic E-state index is 12.8. The molecule has 6 rings (SSSR count). The van der Waals surface area contributed by atoms with Crippen LogP contribution >= 0.6 is 0 Å². The van der Waals surface area contributed by atoms with E-state index < -0.39 is 48.7 Å². The van der Waals surface area contributed by atoms with E-state index in [-0.39, 0.29) is 60.8 Å². The van der Waals surface area contributed by atoms with Gasteiger partial charge in [-0.05, 0) is 120 Å². The lowest BCUT2D eigenvalue weighted by atomic mass is 9.50. The first kappa shape index (κ1) is 44.5. The second-order valence-corrected chi connectivity index (χ2v) is 19.2. The summed E-state index contributed by atoms with van der Waals surface area (Å²) < 4.78 is 25.1. The van der Waals surface area contributed by atoms with Crippen LogP contribution in [0.4, 0.5) is 0 Å². The molecule has 14 heteroatoms. The number of aliphatic hydroxyl groups excluding tert-OH is 5. The number of rotatable bonds is 16. The number of piperidine rings is 2. The Morgan fingerprint density at radius 2 is 1.68 bits per heavy atom. The molecule has 6 fully saturated rings. The van der Waals surface area contributed by atoms with Crippen LogP contribution in [-0.2, 0) is 23.7 Å². The van der Waals surface area contributed by atoms with E-state index in [9.17, 15) is 35.4 Å². The zero-order valence-corrected chi connectivity index (χ0v) is 34.1. The lowest BCUT2D eigenvalue weighted by molar-refractivity contribution is -0.752. The van der Waals surface area contributed by atoms with Gasteiger partial charge in [-0.1, -0.05) is 12.8 Å². The smallest absolute Gasteiger partial charge is 0.144 e. The standard InChI is InChI=1S/C42H75N3O11/c1-25-20-41(11-3-4-12-41)42(22-38(50)51,21-27-9-13-44-37(43)16-27)36(45-25)23-54-35-18-28(17-34(53-2)39(35)52)40-30(10-14-46)32(49)19-29(56-40)7-5-26-6-8-31(48)33(15-26)55-24-47/h25-37,39-40,44-49,52H,3-24,43H2,1-2H3,(H,50,51)/p+1/t25-,26?,27?,28?,29-,30+,31?,32-,33?,34?,35?,36-,37?,39?,40-,42-/m0/s1. The van der Waals surface area contributed by atoms with Gasteiger partial charge in [-0.3, -0.25) is 5.73 Å². The number of aliphatic carboxylic acids is 1. The first-order valence-corrected chi connectivity index (χ1v) is 22.2. The van der Waals surface area contributed by atoms with Gasteiger partial charge in [0.25, 0.3) is 0 Å². The molecule has 56 heavy (non-hydrogen) atoms. The van der Waals surface area contributed by atoms with E-state index in [4.69, 9.17) is 24.7 Å². The third kappa shape index (κ3) is 10.1. The summed E-state index contributed by atoms with van der Waals surface area (Å²) in [5.74, 6) is -0.774. The number of carboxylic acids is 1. The van der Waals surface area contributed by atoms with Crippen LogP contribution in [0.5, 0.6) is 0 Å². The summed E-state index contributed by atoms with van der Waals surface area (Å²) in [5, 5.41) is 70.3. The Morgan fingerprint density at radius 1 is 0.911 bits per heavy atom. The predicted octanol–water partition coefficient (Wildman–Crippen LogP) is -0.990. The molecule has 11 N–H and O–H groups in total. The summed E-state index contributed by atoms with van der Waals surface area (Å²) in [5.41, 5.74) is 5.79. The summed E-state index contributed by atoms with van der Waals surface area (Å²) in [6.07, 6.45) is 9.24. The Balaban J connectivity index is 1.19. The minimum Gasteiger partial charge on any atom is -0.550 e. The van der Waals surface area contributed by atoms with Gasteiger partial charge in [0.15, 0.2) is 0 Å². The van der Waals surface area contributed by atoms with Gasteiger partial charge in [0.05, 0.1) is 61.9 Å². The van der Waals surface area contributed by atoms with Crippen molar-refractivity contribution in [1.29, 1.82) is 0 Å². The molecule has 0 radical (unpaired) electrons. The molecule has 3 heterocycles. The average molecular weight is 799 g/mol. The van der Waals surface area contributed by atoms with Crippen LogP contribution in [-0.4, -0.2) is 132 Å². The molecule has 324 valence electrons. The Bertz CT molecular complexity index is 1230. The van der Waals surface area contributed by atoms with Crippen molar-refractivity contribution in [2.75, 3.05) is 33.7 Å². The zero-order chi connectivity index (χ0) is 40.0. The summed E-state index contributed by atoms with van der Waals surface area (Å²) in [4.78, 5) is 12.8. The highest BCUT2D eigenvalue weighted by atomic mass is 16.6. The fourth-order valence-electron chi connectivity index (χ4n) is 13.1. The van der Waals surface area contributed by atoms with E-state index in [1.165, 1.54) is 0 Å². The van der Waals surface area contributed by atoms with Crippen molar-refractivity contribution in [3.8, 4) is 0 Å². The van der Waals surface area contributed by atoms with E-state index in [1.54, 1.807) is 7.11 Å². The normalized spacial score (nSPS) is 44.5. The third-order valence-corrected chi connectivity index (χ3v) is 15.7. The van der Waals surface area contributed by atoms with Gasteiger partial charge >= 0.3 is 0 Å². The molecule has 3 aliphatic heterocycles. The molecule has 16 atom stereocenters. The number of carboxylic acid groups (broad SMARTS) is 1. The van der Waals surface area contributed by atoms with Crippen LogP contribution in [0.1, 0.15) is 122 Å². The topological polar surface area (TPSA) is 237 Å². The fourth-order valence-corrected chi connectivity index (χ4v) is 13.1. The van der Waals surface area contributed by atoms with Crippen LogP contribution in [0.25, 0.3) is 0 Å². The molecule has 0 amide bonds. The number of methoxy groups -OCH3 is 1. The van der Waals surface area contributed by atoms with E-state index in [1.807, 2.05) is 0 Å². The van der Waals surface area contributed by atoms with Crippen molar-refractivity contribution < 1.29 is 65.0 Å². The largest absolute Gasteiger partial charge is 0.550 e. The molecule has 0 aromatic heterocycles. The first-order valence-electron chi connectivity index (χ1n) is 22.2. The SMILES string of the molecule is COC1CC([C@@H]2O[C@@H](CCC3CCC(O)C(OCO)C3)C[C@H](O)[C@H]2CCO)CC(OC[C@@H]2[NH2+][C@@H](C)CC3(CCCC3)[C@]2(CC(=O)[O-])CC2CC[NH2+]C(N)C2)C1O. The van der Waals surface area contributed by atoms with E-state index in [2.05, 4.69) is 17.6 Å². The van der Waals surface area contributed by atoms with Gasteiger partial charge in [0.2, 0.25) is 0 Å².